The van der Waals surface area contributed by atoms with Crippen molar-refractivity contribution in [3.63, 3.8) is 0 Å². The second kappa shape index (κ2) is 4.51. The van der Waals surface area contributed by atoms with E-state index in [1.165, 1.54) is 32.2 Å². The Kier molecular flexibility index (Phi) is 3.52. The van der Waals surface area contributed by atoms with Crippen LogP contribution in [0.15, 0.2) is 12.2 Å². The van der Waals surface area contributed by atoms with Crippen molar-refractivity contribution in [2.24, 2.45) is 0 Å². The fourth-order valence-corrected chi connectivity index (χ4v) is 1.43. The number of allylic oxidation sites excluding steroid dienone is 1. The van der Waals surface area contributed by atoms with E-state index >= 15 is 0 Å². The van der Waals surface area contributed by atoms with Crippen LogP contribution in [0.1, 0.15) is 32.6 Å². The van der Waals surface area contributed by atoms with Crippen LogP contribution in [-0.2, 0) is 0 Å². The minimum Gasteiger partial charge on any atom is -0.314 e. The molecule has 0 aromatic heterocycles. The molecule has 10 heavy (non-hydrogen) atoms. The highest BCUT2D eigenvalue weighted by Crippen LogP contribution is 2.09. The Bertz CT molecular complexity index is 101. The molecular formula is C9H17N. The summed E-state index contributed by atoms with van der Waals surface area (Å²) in [6, 6.07) is 0.768. The molecule has 0 aliphatic carbocycles. The van der Waals surface area contributed by atoms with Gasteiger partial charge in [0, 0.05) is 6.04 Å². The van der Waals surface area contributed by atoms with Gasteiger partial charge in [-0.15, -0.1) is 0 Å². The predicted molar refractivity (Wildman–Crippen MR) is 45.1 cm³/mol. The monoisotopic (exact) mass is 139 g/mol. The van der Waals surface area contributed by atoms with E-state index in [1.54, 1.807) is 0 Å². The van der Waals surface area contributed by atoms with Crippen molar-refractivity contribution >= 4 is 0 Å². The van der Waals surface area contributed by atoms with Crippen molar-refractivity contribution in [3.8, 4) is 0 Å². The van der Waals surface area contributed by atoms with E-state index in [0.717, 1.165) is 6.04 Å². The molecule has 1 aliphatic heterocycles. The molecule has 1 fully saturated rings. The maximum absolute atomic E-state index is 3.50. The van der Waals surface area contributed by atoms with E-state index in [1.807, 2.05) is 0 Å². The zero-order valence-corrected chi connectivity index (χ0v) is 6.77. The zero-order chi connectivity index (χ0) is 7.23. The lowest BCUT2D eigenvalue weighted by Gasteiger charge is -2.21. The van der Waals surface area contributed by atoms with Crippen LogP contribution in [0.3, 0.4) is 0 Å². The van der Waals surface area contributed by atoms with Crippen LogP contribution >= 0.6 is 0 Å². The molecule has 0 saturated carbocycles. The maximum Gasteiger partial charge on any atom is 0.0102 e. The van der Waals surface area contributed by atoms with Gasteiger partial charge in [0.15, 0.2) is 0 Å². The van der Waals surface area contributed by atoms with Crippen molar-refractivity contribution in [1.29, 1.82) is 0 Å². The highest BCUT2D eigenvalue weighted by atomic mass is 14.9. The summed E-state index contributed by atoms with van der Waals surface area (Å²) in [6.07, 6.45) is 9.75. The smallest absolute Gasteiger partial charge is 0.0102 e. The largest absolute Gasteiger partial charge is 0.314 e. The number of hydrogen-bond acceptors (Lipinski definition) is 1. The molecule has 0 bridgehead atoms. The molecule has 58 valence electrons. The van der Waals surface area contributed by atoms with Gasteiger partial charge in [0.05, 0.1) is 0 Å². The first kappa shape index (κ1) is 7.80. The quantitative estimate of drug-likeness (QED) is 0.578. The summed E-state index contributed by atoms with van der Waals surface area (Å²) in [5.74, 6) is 0. The molecule has 0 amide bonds. The van der Waals surface area contributed by atoms with E-state index in [2.05, 4.69) is 24.4 Å². The zero-order valence-electron chi connectivity index (χ0n) is 6.77. The highest BCUT2D eigenvalue weighted by Gasteiger charge is 2.09. The average Bonchev–Trinajstić information content (AvgIpc) is 2.03. The average molecular weight is 139 g/mol. The Morgan fingerprint density at radius 2 is 2.40 bits per heavy atom. The van der Waals surface area contributed by atoms with Crippen LogP contribution in [0.5, 0.6) is 0 Å². The minimum absolute atomic E-state index is 0.768. The van der Waals surface area contributed by atoms with Gasteiger partial charge in [-0.05, 0) is 32.7 Å². The summed E-state index contributed by atoms with van der Waals surface area (Å²) in [7, 11) is 0. The van der Waals surface area contributed by atoms with Crippen LogP contribution in [-0.4, -0.2) is 12.6 Å². The third kappa shape index (κ3) is 2.53. The number of rotatable bonds is 2. The van der Waals surface area contributed by atoms with E-state index in [0.29, 0.717) is 0 Å². The van der Waals surface area contributed by atoms with Gasteiger partial charge in [0.1, 0.15) is 0 Å². The Morgan fingerprint density at radius 1 is 1.50 bits per heavy atom. The Morgan fingerprint density at radius 3 is 3.00 bits per heavy atom. The molecule has 1 heterocycles. The van der Waals surface area contributed by atoms with Crippen molar-refractivity contribution in [2.75, 3.05) is 6.54 Å². The molecule has 1 rings (SSSR count). The Hall–Kier alpha value is -0.300. The summed E-state index contributed by atoms with van der Waals surface area (Å²) in [6.45, 7) is 3.31. The third-order valence-corrected chi connectivity index (χ3v) is 2.07. The molecule has 1 N–H and O–H groups in total. The second-order valence-corrected chi connectivity index (χ2v) is 2.95. The summed E-state index contributed by atoms with van der Waals surface area (Å²) in [5, 5.41) is 3.50. The maximum atomic E-state index is 3.50. The Balaban J connectivity index is 2.13. The van der Waals surface area contributed by atoms with E-state index < -0.39 is 0 Å². The predicted octanol–water partition coefficient (Wildman–Crippen LogP) is 2.09. The molecule has 1 saturated heterocycles. The lowest BCUT2D eigenvalue weighted by Crippen LogP contribution is -2.33. The summed E-state index contributed by atoms with van der Waals surface area (Å²) in [4.78, 5) is 0. The van der Waals surface area contributed by atoms with Gasteiger partial charge in [-0.2, -0.15) is 0 Å². The van der Waals surface area contributed by atoms with Crippen LogP contribution in [0.25, 0.3) is 0 Å². The van der Waals surface area contributed by atoms with E-state index in [9.17, 15) is 0 Å². The second-order valence-electron chi connectivity index (χ2n) is 2.95. The summed E-state index contributed by atoms with van der Waals surface area (Å²) in [5.41, 5.74) is 0. The van der Waals surface area contributed by atoms with Crippen LogP contribution in [0.2, 0.25) is 0 Å². The molecule has 1 nitrogen and oxygen atoms in total. The van der Waals surface area contributed by atoms with Crippen LogP contribution < -0.4 is 5.32 Å². The number of hydrogen-bond donors (Lipinski definition) is 1. The summed E-state index contributed by atoms with van der Waals surface area (Å²) >= 11 is 0. The third-order valence-electron chi connectivity index (χ3n) is 2.07. The van der Waals surface area contributed by atoms with Gasteiger partial charge < -0.3 is 5.32 Å². The normalized spacial score (nSPS) is 27.5. The lowest BCUT2D eigenvalue weighted by molar-refractivity contribution is 0.403. The van der Waals surface area contributed by atoms with Crippen LogP contribution in [0, 0.1) is 0 Å². The fraction of sp³-hybridized carbons (Fsp3) is 0.778. The number of piperidine rings is 1. The topological polar surface area (TPSA) is 12.0 Å². The first-order chi connectivity index (χ1) is 4.93. The minimum atomic E-state index is 0.768. The molecule has 1 heteroatoms. The van der Waals surface area contributed by atoms with Gasteiger partial charge in [-0.1, -0.05) is 18.6 Å². The molecule has 1 aliphatic rings. The summed E-state index contributed by atoms with van der Waals surface area (Å²) < 4.78 is 0. The molecule has 0 spiro atoms. The molecule has 0 aromatic rings. The standard InChI is InChI=1S/C9H17N/c1-2-3-6-9-7-4-5-8-10-9/h2-3,9-10H,4-8H2,1H3/b3-2+/t9-/m1/s1. The fourth-order valence-electron chi connectivity index (χ4n) is 1.43. The van der Waals surface area contributed by atoms with Crippen molar-refractivity contribution in [3.05, 3.63) is 12.2 Å². The van der Waals surface area contributed by atoms with E-state index in [-0.39, 0.29) is 0 Å². The van der Waals surface area contributed by atoms with Gasteiger partial charge in [-0.25, -0.2) is 0 Å². The first-order valence-electron chi connectivity index (χ1n) is 4.28. The first-order valence-corrected chi connectivity index (χ1v) is 4.28. The highest BCUT2D eigenvalue weighted by molar-refractivity contribution is 4.84. The molecular weight excluding hydrogens is 122 g/mol. The van der Waals surface area contributed by atoms with Crippen molar-refractivity contribution in [2.45, 2.75) is 38.6 Å². The van der Waals surface area contributed by atoms with Gasteiger partial charge in [0.2, 0.25) is 0 Å². The molecule has 1 atom stereocenters. The van der Waals surface area contributed by atoms with Crippen molar-refractivity contribution in [1.82, 2.24) is 5.32 Å². The van der Waals surface area contributed by atoms with E-state index in [4.69, 9.17) is 0 Å². The molecule has 0 aromatic carbocycles. The Labute approximate surface area is 63.5 Å². The number of nitrogens with one attached hydrogen (secondary N) is 1. The van der Waals surface area contributed by atoms with Crippen LogP contribution in [0.4, 0.5) is 0 Å². The van der Waals surface area contributed by atoms with Gasteiger partial charge >= 0.3 is 0 Å². The van der Waals surface area contributed by atoms with Crippen molar-refractivity contribution < 1.29 is 0 Å². The molecule has 0 unspecified atom stereocenters. The lowest BCUT2D eigenvalue weighted by atomic mass is 10.0. The molecule has 0 radical (unpaired) electrons. The van der Waals surface area contributed by atoms with Gasteiger partial charge in [0.25, 0.3) is 0 Å². The SMILES string of the molecule is C/C=C/C[C@@H]1CCCCN1. The van der Waals surface area contributed by atoms with Gasteiger partial charge in [-0.3, -0.25) is 0 Å².